The van der Waals surface area contributed by atoms with Crippen LogP contribution in [0.2, 0.25) is 0 Å². The molecule has 0 spiro atoms. The zero-order valence-electron chi connectivity index (χ0n) is 11.8. The number of aliphatic hydroxyl groups is 1. The van der Waals surface area contributed by atoms with Gasteiger partial charge in [0, 0.05) is 11.8 Å². The normalized spacial score (nSPS) is 10.7. The molecule has 0 aliphatic carbocycles. The number of ether oxygens (including phenoxy) is 1. The first-order valence-corrected chi connectivity index (χ1v) is 6.58. The van der Waals surface area contributed by atoms with Crippen LogP contribution in [0.15, 0.2) is 36.5 Å². The molecule has 0 amide bonds. The van der Waals surface area contributed by atoms with Crippen molar-refractivity contribution in [1.29, 1.82) is 0 Å². The van der Waals surface area contributed by atoms with E-state index in [4.69, 9.17) is 9.84 Å². The number of carbonyl (C=O) groups excluding carboxylic acids is 1. The van der Waals surface area contributed by atoms with Gasteiger partial charge in [-0.05, 0) is 29.7 Å². The fourth-order valence-corrected chi connectivity index (χ4v) is 1.78. The number of hydrogen-bond acceptors (Lipinski definition) is 4. The van der Waals surface area contributed by atoms with Gasteiger partial charge < -0.3 is 9.84 Å². The fraction of sp³-hybridized carbons (Fsp3) is 0.250. The first-order chi connectivity index (χ1) is 10.0. The summed E-state index contributed by atoms with van der Waals surface area (Å²) in [6.07, 6.45) is 1.18. The van der Waals surface area contributed by atoms with Gasteiger partial charge in [-0.2, -0.15) is 0 Å². The maximum Gasteiger partial charge on any atom is 0.255 e. The minimum Gasteiger partial charge on any atom is -0.436 e. The van der Waals surface area contributed by atoms with Crippen molar-refractivity contribution < 1.29 is 19.0 Å². The van der Waals surface area contributed by atoms with Crippen molar-refractivity contribution in [2.24, 2.45) is 0 Å². The summed E-state index contributed by atoms with van der Waals surface area (Å²) >= 11 is 0. The van der Waals surface area contributed by atoms with Gasteiger partial charge in [-0.1, -0.05) is 26.0 Å². The third-order valence-corrected chi connectivity index (χ3v) is 3.03. The van der Waals surface area contributed by atoms with Crippen molar-refractivity contribution in [2.75, 3.05) is 6.61 Å². The van der Waals surface area contributed by atoms with Gasteiger partial charge in [-0.3, -0.25) is 4.79 Å². The van der Waals surface area contributed by atoms with Crippen LogP contribution in [0.4, 0.5) is 4.39 Å². The molecule has 21 heavy (non-hydrogen) atoms. The molecule has 0 radical (unpaired) electrons. The van der Waals surface area contributed by atoms with Gasteiger partial charge in [-0.25, -0.2) is 9.37 Å². The number of aromatic nitrogens is 1. The second-order valence-corrected chi connectivity index (χ2v) is 4.92. The Labute approximate surface area is 122 Å². The van der Waals surface area contributed by atoms with Crippen molar-refractivity contribution >= 4 is 5.78 Å². The summed E-state index contributed by atoms with van der Waals surface area (Å²) in [5.74, 6) is -0.678. The van der Waals surface area contributed by atoms with Gasteiger partial charge in [0.2, 0.25) is 0 Å². The number of rotatable bonds is 5. The Hall–Kier alpha value is -2.27. The number of halogens is 1. The monoisotopic (exact) mass is 289 g/mol. The van der Waals surface area contributed by atoms with E-state index in [1.165, 1.54) is 6.20 Å². The third-order valence-electron chi connectivity index (χ3n) is 3.03. The van der Waals surface area contributed by atoms with Crippen molar-refractivity contribution in [2.45, 2.75) is 19.8 Å². The number of nitrogens with zero attached hydrogens (tertiary/aromatic N) is 1. The van der Waals surface area contributed by atoms with Gasteiger partial charge >= 0.3 is 0 Å². The molecule has 0 unspecified atom stereocenters. The number of pyridine rings is 1. The first-order valence-electron chi connectivity index (χ1n) is 6.58. The number of aliphatic hydroxyl groups excluding tert-OH is 1. The highest BCUT2D eigenvalue weighted by Crippen LogP contribution is 2.24. The summed E-state index contributed by atoms with van der Waals surface area (Å²) in [5.41, 5.74) is 1.16. The SMILES string of the molecule is CC(C)c1ccc(Oc2ncc(C(=O)CO)cc2F)cc1. The minimum atomic E-state index is -0.748. The highest BCUT2D eigenvalue weighted by molar-refractivity contribution is 5.96. The summed E-state index contributed by atoms with van der Waals surface area (Å²) in [4.78, 5) is 15.0. The van der Waals surface area contributed by atoms with E-state index in [1.54, 1.807) is 12.1 Å². The second kappa shape index (κ2) is 6.45. The lowest BCUT2D eigenvalue weighted by Gasteiger charge is -2.09. The van der Waals surface area contributed by atoms with E-state index in [2.05, 4.69) is 18.8 Å². The number of ketones is 1. The number of carbonyl (C=O) groups is 1. The van der Waals surface area contributed by atoms with E-state index < -0.39 is 18.2 Å². The predicted molar refractivity (Wildman–Crippen MR) is 76.2 cm³/mol. The first kappa shape index (κ1) is 15.1. The molecule has 4 nitrogen and oxygen atoms in total. The van der Waals surface area contributed by atoms with Crippen LogP contribution in [-0.4, -0.2) is 22.5 Å². The molecule has 0 bridgehead atoms. The number of benzene rings is 1. The van der Waals surface area contributed by atoms with Crippen molar-refractivity contribution in [1.82, 2.24) is 4.98 Å². The van der Waals surface area contributed by atoms with E-state index in [0.29, 0.717) is 11.7 Å². The van der Waals surface area contributed by atoms with Gasteiger partial charge in [0.25, 0.3) is 5.88 Å². The second-order valence-electron chi connectivity index (χ2n) is 4.92. The van der Waals surface area contributed by atoms with E-state index in [0.717, 1.165) is 11.6 Å². The van der Waals surface area contributed by atoms with Crippen LogP contribution in [-0.2, 0) is 0 Å². The van der Waals surface area contributed by atoms with Crippen LogP contribution in [0.1, 0.15) is 35.7 Å². The smallest absolute Gasteiger partial charge is 0.255 e. The molecule has 0 saturated heterocycles. The van der Waals surface area contributed by atoms with Gasteiger partial charge in [0.1, 0.15) is 12.4 Å². The zero-order chi connectivity index (χ0) is 15.4. The molecule has 1 aromatic heterocycles. The summed E-state index contributed by atoms with van der Waals surface area (Å²) < 4.78 is 19.2. The lowest BCUT2D eigenvalue weighted by molar-refractivity contribution is 0.0903. The summed E-state index contributed by atoms with van der Waals surface area (Å²) in [7, 11) is 0. The molecule has 5 heteroatoms. The molecule has 2 aromatic rings. The average Bonchev–Trinajstić information content (AvgIpc) is 2.49. The van der Waals surface area contributed by atoms with Crippen LogP contribution in [0, 0.1) is 5.82 Å². The topological polar surface area (TPSA) is 59.4 Å². The summed E-state index contributed by atoms with van der Waals surface area (Å²) in [5, 5.41) is 8.72. The van der Waals surface area contributed by atoms with Crippen LogP contribution >= 0.6 is 0 Å². The van der Waals surface area contributed by atoms with Crippen molar-refractivity contribution in [3.05, 3.63) is 53.5 Å². The maximum atomic E-state index is 13.8. The molecule has 2 rings (SSSR count). The van der Waals surface area contributed by atoms with E-state index in [1.807, 2.05) is 12.1 Å². The largest absolute Gasteiger partial charge is 0.436 e. The molecule has 0 aliphatic heterocycles. The lowest BCUT2D eigenvalue weighted by Crippen LogP contribution is -2.06. The Kier molecular flexibility index (Phi) is 4.65. The molecule has 1 N–H and O–H groups in total. The molecule has 1 aromatic carbocycles. The van der Waals surface area contributed by atoms with Crippen LogP contribution in [0.5, 0.6) is 11.6 Å². The Bertz CT molecular complexity index is 638. The molecule has 1 heterocycles. The minimum absolute atomic E-state index is 0.0116. The summed E-state index contributed by atoms with van der Waals surface area (Å²) in [6.45, 7) is 3.47. The molecule has 110 valence electrons. The van der Waals surface area contributed by atoms with Crippen molar-refractivity contribution in [3.63, 3.8) is 0 Å². The highest BCUT2D eigenvalue weighted by Gasteiger charge is 2.12. The number of hydrogen-bond donors (Lipinski definition) is 1. The maximum absolute atomic E-state index is 13.8. The van der Waals surface area contributed by atoms with Crippen LogP contribution in [0.3, 0.4) is 0 Å². The Balaban J connectivity index is 2.18. The quantitative estimate of drug-likeness (QED) is 0.858. The Morgan fingerprint density at radius 1 is 1.33 bits per heavy atom. The van der Waals surface area contributed by atoms with E-state index >= 15 is 0 Å². The summed E-state index contributed by atoms with van der Waals surface area (Å²) in [6, 6.07) is 8.29. The lowest BCUT2D eigenvalue weighted by atomic mass is 10.0. The highest BCUT2D eigenvalue weighted by atomic mass is 19.1. The van der Waals surface area contributed by atoms with Crippen LogP contribution in [0.25, 0.3) is 0 Å². The van der Waals surface area contributed by atoms with Crippen molar-refractivity contribution in [3.8, 4) is 11.6 Å². The molecule has 0 saturated carbocycles. The van der Waals surface area contributed by atoms with Gasteiger partial charge in [-0.15, -0.1) is 0 Å². The molecule has 0 atom stereocenters. The molecular weight excluding hydrogens is 273 g/mol. The zero-order valence-corrected chi connectivity index (χ0v) is 11.8. The Morgan fingerprint density at radius 2 is 2.00 bits per heavy atom. The van der Waals surface area contributed by atoms with Gasteiger partial charge in [0.05, 0.1) is 0 Å². The fourth-order valence-electron chi connectivity index (χ4n) is 1.78. The Morgan fingerprint density at radius 3 is 2.52 bits per heavy atom. The van der Waals surface area contributed by atoms with E-state index in [-0.39, 0.29) is 11.4 Å². The molecule has 0 fully saturated rings. The molecular formula is C16H16FNO3. The molecule has 0 aliphatic rings. The number of Topliss-reactive ketones (excluding diaryl/α,β-unsaturated/α-hetero) is 1. The predicted octanol–water partition coefficient (Wildman–Crippen LogP) is 3.31. The standard InChI is InChI=1S/C16H16FNO3/c1-10(2)11-3-5-13(6-4-11)21-16-14(17)7-12(8-18-16)15(20)9-19/h3-8,10,19H,9H2,1-2H3. The van der Waals surface area contributed by atoms with Gasteiger partial charge in [0.15, 0.2) is 11.6 Å². The third kappa shape index (κ3) is 3.64. The van der Waals surface area contributed by atoms with E-state index in [9.17, 15) is 9.18 Å². The average molecular weight is 289 g/mol. The van der Waals surface area contributed by atoms with Crippen LogP contribution < -0.4 is 4.74 Å².